The highest BCUT2D eigenvalue weighted by Crippen LogP contribution is 2.28. The Kier molecular flexibility index (Phi) is 5.77. The Labute approximate surface area is 186 Å². The highest BCUT2D eigenvalue weighted by Gasteiger charge is 2.20. The number of aryl methyl sites for hydroxylation is 1. The SMILES string of the molecule is Cn1c(=O)c2c(nc(SCc3ccc(Cl)cc3)n2Cc2ccccc2Cl)n(C)c1=O. The Hall–Kier alpha value is -2.48. The number of nitrogens with zero attached hydrogens (tertiary/aromatic N) is 4. The van der Waals surface area contributed by atoms with Crippen molar-refractivity contribution in [3.05, 3.63) is 90.5 Å². The summed E-state index contributed by atoms with van der Waals surface area (Å²) in [7, 11) is 3.09. The van der Waals surface area contributed by atoms with Crippen LogP contribution in [0.1, 0.15) is 11.1 Å². The molecule has 2 aromatic carbocycles. The zero-order valence-corrected chi connectivity index (χ0v) is 18.6. The Morgan fingerprint density at radius 3 is 2.37 bits per heavy atom. The number of thioether (sulfide) groups is 1. The normalized spacial score (nSPS) is 11.3. The van der Waals surface area contributed by atoms with Crippen LogP contribution in [0.3, 0.4) is 0 Å². The monoisotopic (exact) mass is 460 g/mol. The lowest BCUT2D eigenvalue weighted by Gasteiger charge is -2.11. The number of hydrogen-bond acceptors (Lipinski definition) is 4. The number of benzene rings is 2. The summed E-state index contributed by atoms with van der Waals surface area (Å²) in [5.41, 5.74) is 1.87. The van der Waals surface area contributed by atoms with E-state index in [0.29, 0.717) is 38.7 Å². The molecule has 2 aromatic heterocycles. The fourth-order valence-electron chi connectivity index (χ4n) is 3.21. The van der Waals surface area contributed by atoms with Gasteiger partial charge in [0.05, 0.1) is 6.54 Å². The largest absolute Gasteiger partial charge is 0.332 e. The standard InChI is InChI=1S/C21H18Cl2N4O2S/c1-25-18-17(19(28)26(2)21(25)29)27(11-14-5-3-4-6-16(14)23)20(24-18)30-12-13-7-9-15(22)10-8-13/h3-10H,11-12H2,1-2H3. The van der Waals surface area contributed by atoms with Crippen molar-refractivity contribution >= 4 is 46.1 Å². The molecule has 0 radical (unpaired) electrons. The molecule has 154 valence electrons. The quantitative estimate of drug-likeness (QED) is 0.421. The summed E-state index contributed by atoms with van der Waals surface area (Å²) in [5, 5.41) is 1.92. The van der Waals surface area contributed by atoms with E-state index in [-0.39, 0.29) is 5.56 Å². The van der Waals surface area contributed by atoms with Gasteiger partial charge in [0, 0.05) is 29.9 Å². The first-order valence-electron chi connectivity index (χ1n) is 9.13. The second kappa shape index (κ2) is 8.34. The van der Waals surface area contributed by atoms with Crippen LogP contribution in [0.15, 0.2) is 63.3 Å². The highest BCUT2D eigenvalue weighted by atomic mass is 35.5. The van der Waals surface area contributed by atoms with Gasteiger partial charge in [-0.15, -0.1) is 0 Å². The summed E-state index contributed by atoms with van der Waals surface area (Å²) in [6, 6.07) is 15.0. The lowest BCUT2D eigenvalue weighted by molar-refractivity contribution is 0.696. The summed E-state index contributed by atoms with van der Waals surface area (Å²) in [6.45, 7) is 0.368. The summed E-state index contributed by atoms with van der Waals surface area (Å²) < 4.78 is 4.33. The van der Waals surface area contributed by atoms with Crippen LogP contribution in [0.25, 0.3) is 11.2 Å². The van der Waals surface area contributed by atoms with Crippen molar-refractivity contribution < 1.29 is 0 Å². The number of hydrogen-bond donors (Lipinski definition) is 0. The molecule has 0 saturated carbocycles. The molecule has 0 spiro atoms. The lowest BCUT2D eigenvalue weighted by atomic mass is 10.2. The van der Waals surface area contributed by atoms with Gasteiger partial charge in [-0.2, -0.15) is 0 Å². The van der Waals surface area contributed by atoms with Gasteiger partial charge < -0.3 is 4.57 Å². The maximum absolute atomic E-state index is 13.0. The van der Waals surface area contributed by atoms with Gasteiger partial charge in [0.1, 0.15) is 0 Å². The van der Waals surface area contributed by atoms with Crippen LogP contribution in [0, 0.1) is 0 Å². The minimum Gasteiger partial charge on any atom is -0.309 e. The van der Waals surface area contributed by atoms with E-state index in [9.17, 15) is 9.59 Å². The fourth-order valence-corrected chi connectivity index (χ4v) is 4.48. The van der Waals surface area contributed by atoms with E-state index in [1.807, 2.05) is 53.1 Å². The predicted molar refractivity (Wildman–Crippen MR) is 122 cm³/mol. The van der Waals surface area contributed by atoms with Gasteiger partial charge in [0.15, 0.2) is 16.3 Å². The molecule has 0 aliphatic rings. The topological polar surface area (TPSA) is 61.8 Å². The predicted octanol–water partition coefficient (Wildman–Crippen LogP) is 4.08. The molecule has 2 heterocycles. The average molecular weight is 461 g/mol. The molecule has 30 heavy (non-hydrogen) atoms. The molecule has 0 amide bonds. The maximum atomic E-state index is 13.0. The zero-order valence-electron chi connectivity index (χ0n) is 16.3. The molecule has 0 N–H and O–H groups in total. The van der Waals surface area contributed by atoms with Crippen LogP contribution in [0.5, 0.6) is 0 Å². The van der Waals surface area contributed by atoms with Gasteiger partial charge in [-0.3, -0.25) is 13.9 Å². The second-order valence-corrected chi connectivity index (χ2v) is 8.65. The third kappa shape index (κ3) is 3.80. The van der Waals surface area contributed by atoms with Crippen molar-refractivity contribution in [2.24, 2.45) is 14.1 Å². The smallest absolute Gasteiger partial charge is 0.309 e. The van der Waals surface area contributed by atoms with Gasteiger partial charge in [0.2, 0.25) is 0 Å². The highest BCUT2D eigenvalue weighted by molar-refractivity contribution is 7.98. The number of aromatic nitrogens is 4. The molecular formula is C21H18Cl2N4O2S. The van der Waals surface area contributed by atoms with Gasteiger partial charge in [-0.1, -0.05) is 65.3 Å². The first kappa shape index (κ1) is 20.8. The van der Waals surface area contributed by atoms with Crippen molar-refractivity contribution in [3.8, 4) is 0 Å². The van der Waals surface area contributed by atoms with Crippen molar-refractivity contribution in [1.29, 1.82) is 0 Å². The average Bonchev–Trinajstić information content (AvgIpc) is 3.10. The first-order valence-corrected chi connectivity index (χ1v) is 10.9. The van der Waals surface area contributed by atoms with Crippen molar-refractivity contribution in [2.45, 2.75) is 17.5 Å². The second-order valence-electron chi connectivity index (χ2n) is 6.87. The first-order chi connectivity index (χ1) is 14.4. The summed E-state index contributed by atoms with van der Waals surface area (Å²) in [5.74, 6) is 0.636. The maximum Gasteiger partial charge on any atom is 0.332 e. The van der Waals surface area contributed by atoms with Gasteiger partial charge >= 0.3 is 5.69 Å². The molecule has 0 bridgehead atoms. The molecule has 0 fully saturated rings. The fraction of sp³-hybridized carbons (Fsp3) is 0.190. The van der Waals surface area contributed by atoms with Crippen LogP contribution < -0.4 is 11.2 Å². The molecule has 4 rings (SSSR count). The summed E-state index contributed by atoms with van der Waals surface area (Å²) in [4.78, 5) is 30.0. The molecule has 9 heteroatoms. The number of imidazole rings is 1. The number of halogens is 2. The number of rotatable bonds is 5. The van der Waals surface area contributed by atoms with E-state index >= 15 is 0 Å². The zero-order chi connectivity index (χ0) is 21.4. The van der Waals surface area contributed by atoms with Crippen molar-refractivity contribution in [2.75, 3.05) is 0 Å². The van der Waals surface area contributed by atoms with Gasteiger partial charge in [-0.25, -0.2) is 9.78 Å². The van der Waals surface area contributed by atoms with Gasteiger partial charge in [-0.05, 0) is 29.3 Å². The van der Waals surface area contributed by atoms with E-state index in [0.717, 1.165) is 15.7 Å². The van der Waals surface area contributed by atoms with Crippen molar-refractivity contribution in [1.82, 2.24) is 18.7 Å². The molecule has 0 aliphatic carbocycles. The molecule has 0 saturated heterocycles. The van der Waals surface area contributed by atoms with E-state index in [1.54, 1.807) is 7.05 Å². The Bertz CT molecular complexity index is 1360. The molecule has 6 nitrogen and oxygen atoms in total. The lowest BCUT2D eigenvalue weighted by Crippen LogP contribution is -2.37. The molecule has 0 aliphatic heterocycles. The van der Waals surface area contributed by atoms with Crippen LogP contribution in [0.4, 0.5) is 0 Å². The Morgan fingerprint density at radius 1 is 0.967 bits per heavy atom. The number of fused-ring (bicyclic) bond motifs is 1. The summed E-state index contributed by atoms with van der Waals surface area (Å²) in [6.07, 6.45) is 0. The third-order valence-electron chi connectivity index (χ3n) is 4.88. The van der Waals surface area contributed by atoms with Crippen LogP contribution in [0.2, 0.25) is 10.0 Å². The van der Waals surface area contributed by atoms with Crippen LogP contribution in [-0.4, -0.2) is 18.7 Å². The van der Waals surface area contributed by atoms with E-state index in [4.69, 9.17) is 23.2 Å². The minimum absolute atomic E-state index is 0.355. The molecular weight excluding hydrogens is 443 g/mol. The summed E-state index contributed by atoms with van der Waals surface area (Å²) >= 11 is 13.8. The van der Waals surface area contributed by atoms with E-state index in [2.05, 4.69) is 4.98 Å². The van der Waals surface area contributed by atoms with Crippen molar-refractivity contribution in [3.63, 3.8) is 0 Å². The van der Waals surface area contributed by atoms with Crippen LogP contribution in [-0.2, 0) is 26.4 Å². The third-order valence-corrected chi connectivity index (χ3v) is 6.55. The molecule has 0 atom stereocenters. The minimum atomic E-state index is -0.413. The molecule has 0 unspecified atom stereocenters. The van der Waals surface area contributed by atoms with Crippen LogP contribution >= 0.6 is 35.0 Å². The van der Waals surface area contributed by atoms with E-state index < -0.39 is 5.69 Å². The van der Waals surface area contributed by atoms with Gasteiger partial charge in [0.25, 0.3) is 5.56 Å². The van der Waals surface area contributed by atoms with E-state index in [1.165, 1.54) is 23.4 Å². The molecule has 4 aromatic rings. The Morgan fingerprint density at radius 2 is 1.67 bits per heavy atom. The Balaban J connectivity index is 1.85.